The Morgan fingerprint density at radius 2 is 1.82 bits per heavy atom. The third-order valence-corrected chi connectivity index (χ3v) is 2.60. The highest BCUT2D eigenvalue weighted by Gasteiger charge is 2.55. The number of rotatable bonds is 3. The Bertz CT molecular complexity index is 295. The first kappa shape index (κ1) is 14.3. The monoisotopic (exact) mass is 254 g/mol. The first-order valence-electron chi connectivity index (χ1n) is 4.70. The van der Waals surface area contributed by atoms with Crippen LogP contribution < -0.4 is 0 Å². The number of hydrogen-bond donors (Lipinski definition) is 7. The van der Waals surface area contributed by atoms with Crippen LogP contribution in [0.5, 0.6) is 0 Å². The fourth-order valence-corrected chi connectivity index (χ4v) is 1.55. The summed E-state index contributed by atoms with van der Waals surface area (Å²) in [6, 6.07) is 0. The maximum Gasteiger partial charge on any atom is 0.335 e. The Balaban J connectivity index is 2.97. The van der Waals surface area contributed by atoms with Gasteiger partial charge in [0.2, 0.25) is 5.79 Å². The zero-order valence-electron chi connectivity index (χ0n) is 8.54. The van der Waals surface area contributed by atoms with Gasteiger partial charge in [0.25, 0.3) is 0 Å². The second-order valence-corrected chi connectivity index (χ2v) is 3.79. The van der Waals surface area contributed by atoms with Gasteiger partial charge in [-0.3, -0.25) is 0 Å². The molecule has 0 aliphatic carbocycles. The molecule has 1 aliphatic rings. The van der Waals surface area contributed by atoms with Crippen LogP contribution in [-0.2, 0) is 9.53 Å². The van der Waals surface area contributed by atoms with Crippen LogP contribution in [0.4, 0.5) is 0 Å². The molecule has 1 heterocycles. The van der Waals surface area contributed by atoms with Crippen LogP contribution in [0.25, 0.3) is 0 Å². The molecule has 1 saturated heterocycles. The van der Waals surface area contributed by atoms with Crippen molar-refractivity contribution in [1.29, 1.82) is 0 Å². The molecule has 0 aromatic rings. The van der Waals surface area contributed by atoms with Gasteiger partial charge >= 0.3 is 5.97 Å². The van der Waals surface area contributed by atoms with Gasteiger partial charge in [-0.05, 0) is 0 Å². The lowest BCUT2D eigenvalue weighted by Gasteiger charge is -2.45. The van der Waals surface area contributed by atoms with Crippen molar-refractivity contribution in [2.24, 2.45) is 0 Å². The average molecular weight is 254 g/mol. The van der Waals surface area contributed by atoms with E-state index < -0.39 is 48.9 Å². The minimum Gasteiger partial charge on any atom is -0.479 e. The number of carboxylic acids is 1. The largest absolute Gasteiger partial charge is 0.479 e. The standard InChI is InChI=1S/C8H14O9/c9-1-8(16)6(13)3(11)2(10)5(17-8)4(12)7(14)15/h2-6,9-13,16H,1H2,(H,14,15)/t2-,3+,4?,5+,6-,8+/m0/s1. The summed E-state index contributed by atoms with van der Waals surface area (Å²) >= 11 is 0. The number of carbonyl (C=O) groups is 1. The van der Waals surface area contributed by atoms with Gasteiger partial charge in [0, 0.05) is 0 Å². The van der Waals surface area contributed by atoms with E-state index in [-0.39, 0.29) is 0 Å². The van der Waals surface area contributed by atoms with Gasteiger partial charge < -0.3 is 40.5 Å². The Kier molecular flexibility index (Phi) is 4.04. The van der Waals surface area contributed by atoms with Crippen molar-refractivity contribution < 1.29 is 45.3 Å². The Hall–Kier alpha value is -0.810. The number of aliphatic hydroxyl groups is 6. The molecule has 0 radical (unpaired) electrons. The second kappa shape index (κ2) is 4.82. The minimum atomic E-state index is -2.65. The van der Waals surface area contributed by atoms with Crippen LogP contribution in [-0.4, -0.2) is 84.6 Å². The Morgan fingerprint density at radius 3 is 2.24 bits per heavy atom. The van der Waals surface area contributed by atoms with Gasteiger partial charge in [-0.25, -0.2) is 4.79 Å². The van der Waals surface area contributed by atoms with Crippen molar-refractivity contribution in [3.63, 3.8) is 0 Å². The molecule has 0 saturated carbocycles. The van der Waals surface area contributed by atoms with Crippen molar-refractivity contribution in [2.75, 3.05) is 6.61 Å². The van der Waals surface area contributed by atoms with E-state index in [4.69, 9.17) is 10.2 Å². The minimum absolute atomic E-state index is 1.15. The van der Waals surface area contributed by atoms with Gasteiger partial charge in [-0.15, -0.1) is 0 Å². The third-order valence-electron chi connectivity index (χ3n) is 2.60. The topological polar surface area (TPSA) is 168 Å². The summed E-state index contributed by atoms with van der Waals surface area (Å²) in [4.78, 5) is 10.5. The summed E-state index contributed by atoms with van der Waals surface area (Å²) in [6.07, 6.45) is -10.1. The summed E-state index contributed by atoms with van der Waals surface area (Å²) in [5, 5.41) is 64.1. The van der Waals surface area contributed by atoms with Crippen molar-refractivity contribution in [3.8, 4) is 0 Å². The van der Waals surface area contributed by atoms with E-state index in [0.29, 0.717) is 0 Å². The quantitative estimate of drug-likeness (QED) is 0.263. The fourth-order valence-electron chi connectivity index (χ4n) is 1.55. The first-order valence-corrected chi connectivity index (χ1v) is 4.70. The normalized spacial score (nSPS) is 44.4. The molecule has 1 unspecified atom stereocenters. The van der Waals surface area contributed by atoms with Gasteiger partial charge in [-0.1, -0.05) is 0 Å². The predicted octanol–water partition coefficient (Wildman–Crippen LogP) is -4.41. The molecule has 100 valence electrons. The molecule has 9 nitrogen and oxygen atoms in total. The number of aliphatic hydroxyl groups excluding tert-OH is 5. The van der Waals surface area contributed by atoms with E-state index in [1.54, 1.807) is 0 Å². The van der Waals surface area contributed by atoms with Crippen molar-refractivity contribution >= 4 is 5.97 Å². The molecule has 17 heavy (non-hydrogen) atoms. The van der Waals surface area contributed by atoms with E-state index in [2.05, 4.69) is 4.74 Å². The van der Waals surface area contributed by atoms with E-state index in [1.165, 1.54) is 0 Å². The summed E-state index contributed by atoms with van der Waals surface area (Å²) in [5.74, 6) is -4.40. The van der Waals surface area contributed by atoms with Crippen LogP contribution in [0.2, 0.25) is 0 Å². The molecule has 1 fully saturated rings. The van der Waals surface area contributed by atoms with Crippen molar-refractivity contribution in [2.45, 2.75) is 36.3 Å². The zero-order chi connectivity index (χ0) is 13.4. The fraction of sp³-hybridized carbons (Fsp3) is 0.875. The molecular weight excluding hydrogens is 240 g/mol. The first-order chi connectivity index (χ1) is 7.74. The number of aliphatic carboxylic acids is 1. The highest BCUT2D eigenvalue weighted by molar-refractivity contribution is 5.72. The molecule has 6 atom stereocenters. The molecule has 1 aliphatic heterocycles. The number of hydrogen-bond acceptors (Lipinski definition) is 8. The molecule has 0 aromatic heterocycles. The van der Waals surface area contributed by atoms with Crippen LogP contribution >= 0.6 is 0 Å². The van der Waals surface area contributed by atoms with Crippen LogP contribution in [0.3, 0.4) is 0 Å². The van der Waals surface area contributed by atoms with E-state index in [1.807, 2.05) is 0 Å². The van der Waals surface area contributed by atoms with Crippen LogP contribution in [0.1, 0.15) is 0 Å². The van der Waals surface area contributed by atoms with E-state index in [9.17, 15) is 30.3 Å². The van der Waals surface area contributed by atoms with Gasteiger partial charge in [-0.2, -0.15) is 0 Å². The van der Waals surface area contributed by atoms with E-state index in [0.717, 1.165) is 0 Å². The molecule has 0 spiro atoms. The molecule has 9 heteroatoms. The maximum absolute atomic E-state index is 10.5. The molecule has 1 rings (SSSR count). The van der Waals surface area contributed by atoms with Gasteiger partial charge in [0.15, 0.2) is 6.10 Å². The highest BCUT2D eigenvalue weighted by atomic mass is 16.7. The third kappa shape index (κ3) is 2.40. The van der Waals surface area contributed by atoms with Gasteiger partial charge in [0.05, 0.1) is 6.61 Å². The Labute approximate surface area is 95.1 Å². The van der Waals surface area contributed by atoms with Gasteiger partial charge in [0.1, 0.15) is 24.4 Å². The lowest BCUT2D eigenvalue weighted by Crippen LogP contribution is -2.68. The zero-order valence-corrected chi connectivity index (χ0v) is 8.54. The molecular formula is C8H14O9. The van der Waals surface area contributed by atoms with Crippen LogP contribution in [0, 0.1) is 0 Å². The van der Waals surface area contributed by atoms with Crippen LogP contribution in [0.15, 0.2) is 0 Å². The molecule has 7 N–H and O–H groups in total. The lowest BCUT2D eigenvalue weighted by atomic mass is 9.90. The highest BCUT2D eigenvalue weighted by Crippen LogP contribution is 2.29. The summed E-state index contributed by atoms with van der Waals surface area (Å²) in [7, 11) is 0. The Morgan fingerprint density at radius 1 is 1.29 bits per heavy atom. The second-order valence-electron chi connectivity index (χ2n) is 3.79. The molecule has 0 aromatic carbocycles. The smallest absolute Gasteiger partial charge is 0.335 e. The van der Waals surface area contributed by atoms with Crippen molar-refractivity contribution in [1.82, 2.24) is 0 Å². The number of carboxylic acid groups (broad SMARTS) is 1. The summed E-state index contributed by atoms with van der Waals surface area (Å²) in [6.45, 7) is -1.15. The number of ether oxygens (including phenoxy) is 1. The van der Waals surface area contributed by atoms with Crippen molar-refractivity contribution in [3.05, 3.63) is 0 Å². The molecule has 0 bridgehead atoms. The van der Waals surface area contributed by atoms with E-state index >= 15 is 0 Å². The lowest BCUT2D eigenvalue weighted by molar-refractivity contribution is -0.363. The molecule has 0 amide bonds. The SMILES string of the molecule is O=C(O)C(O)[C@@H]1O[C@](O)(CO)[C@@H](O)[C@H](O)[C@@H]1O. The predicted molar refractivity (Wildman–Crippen MR) is 48.6 cm³/mol. The maximum atomic E-state index is 10.5. The summed E-state index contributed by atoms with van der Waals surface area (Å²) < 4.78 is 4.56. The summed E-state index contributed by atoms with van der Waals surface area (Å²) in [5.41, 5.74) is 0. The average Bonchev–Trinajstić information content (AvgIpc) is 2.30.